The summed E-state index contributed by atoms with van der Waals surface area (Å²) in [4.78, 5) is 24.2. The topological polar surface area (TPSA) is 87.7 Å². The van der Waals surface area contributed by atoms with Gasteiger partial charge in [-0.25, -0.2) is 0 Å². The van der Waals surface area contributed by atoms with Gasteiger partial charge >= 0.3 is 0 Å². The second kappa shape index (κ2) is 8.60. The van der Waals surface area contributed by atoms with Gasteiger partial charge in [-0.2, -0.15) is 0 Å². The lowest BCUT2D eigenvalue weighted by molar-refractivity contribution is -0.123. The first-order valence-electron chi connectivity index (χ1n) is 8.61. The minimum Gasteiger partial charge on any atom is -0.484 e. The van der Waals surface area contributed by atoms with E-state index in [0.717, 1.165) is 0 Å². The Hall–Kier alpha value is -2.70. The van der Waals surface area contributed by atoms with E-state index in [4.69, 9.17) is 4.74 Å². The van der Waals surface area contributed by atoms with Crippen LogP contribution in [0.4, 0.5) is 0 Å². The van der Waals surface area contributed by atoms with Crippen LogP contribution in [-0.2, 0) is 4.79 Å². The van der Waals surface area contributed by atoms with Crippen molar-refractivity contribution in [3.63, 3.8) is 0 Å². The minimum absolute atomic E-state index is 0.0298. The van der Waals surface area contributed by atoms with E-state index in [9.17, 15) is 14.7 Å². The van der Waals surface area contributed by atoms with Crippen LogP contribution in [0, 0.1) is 5.92 Å². The highest BCUT2D eigenvalue weighted by Crippen LogP contribution is 2.15. The molecule has 1 aliphatic heterocycles. The van der Waals surface area contributed by atoms with E-state index in [2.05, 4.69) is 10.6 Å². The predicted molar refractivity (Wildman–Crippen MR) is 97.2 cm³/mol. The molecule has 3 rings (SSSR count). The van der Waals surface area contributed by atoms with E-state index in [1.165, 1.54) is 0 Å². The lowest BCUT2D eigenvalue weighted by atomic mass is 10.0. The SMILES string of the molecule is O=C(COc1ccc(C(=O)c2ccccc2)cc1)NCC1CNCC1O. The molecular weight excluding hydrogens is 332 g/mol. The highest BCUT2D eigenvalue weighted by atomic mass is 16.5. The van der Waals surface area contributed by atoms with Crippen molar-refractivity contribution < 1.29 is 19.4 Å². The van der Waals surface area contributed by atoms with Crippen LogP contribution >= 0.6 is 0 Å². The summed E-state index contributed by atoms with van der Waals surface area (Å²) < 4.78 is 5.45. The fourth-order valence-electron chi connectivity index (χ4n) is 2.83. The largest absolute Gasteiger partial charge is 0.484 e. The van der Waals surface area contributed by atoms with Gasteiger partial charge < -0.3 is 20.5 Å². The van der Waals surface area contributed by atoms with E-state index in [1.807, 2.05) is 18.2 Å². The van der Waals surface area contributed by atoms with Crippen molar-refractivity contribution in [2.75, 3.05) is 26.2 Å². The number of ketones is 1. The summed E-state index contributed by atoms with van der Waals surface area (Å²) in [5.41, 5.74) is 1.19. The average Bonchev–Trinajstić information content (AvgIpc) is 3.10. The zero-order valence-electron chi connectivity index (χ0n) is 14.4. The van der Waals surface area contributed by atoms with Crippen molar-refractivity contribution in [2.24, 2.45) is 5.92 Å². The third-order valence-corrected chi connectivity index (χ3v) is 4.39. The zero-order valence-corrected chi connectivity index (χ0v) is 14.4. The van der Waals surface area contributed by atoms with Gasteiger partial charge in [0, 0.05) is 36.7 Å². The van der Waals surface area contributed by atoms with Crippen molar-refractivity contribution in [2.45, 2.75) is 6.10 Å². The monoisotopic (exact) mass is 354 g/mol. The first-order valence-corrected chi connectivity index (χ1v) is 8.61. The van der Waals surface area contributed by atoms with Gasteiger partial charge in [-0.05, 0) is 24.3 Å². The molecule has 1 fully saturated rings. The number of nitrogens with one attached hydrogen (secondary N) is 2. The van der Waals surface area contributed by atoms with Gasteiger partial charge in [0.05, 0.1) is 6.10 Å². The molecule has 1 amide bonds. The zero-order chi connectivity index (χ0) is 18.4. The van der Waals surface area contributed by atoms with Crippen LogP contribution in [0.2, 0.25) is 0 Å². The first-order chi connectivity index (χ1) is 12.6. The number of carbonyl (C=O) groups is 2. The molecule has 0 spiro atoms. The molecule has 0 aromatic heterocycles. The van der Waals surface area contributed by atoms with Crippen molar-refractivity contribution in [1.29, 1.82) is 0 Å². The Morgan fingerprint density at radius 1 is 1.04 bits per heavy atom. The van der Waals surface area contributed by atoms with E-state index in [-0.39, 0.29) is 24.2 Å². The molecule has 3 N–H and O–H groups in total. The van der Waals surface area contributed by atoms with Gasteiger partial charge in [0.1, 0.15) is 5.75 Å². The predicted octanol–water partition coefficient (Wildman–Crippen LogP) is 0.993. The van der Waals surface area contributed by atoms with Gasteiger partial charge in [0.25, 0.3) is 5.91 Å². The molecular formula is C20H22N2O4. The highest BCUT2D eigenvalue weighted by Gasteiger charge is 2.24. The number of aliphatic hydroxyl groups excluding tert-OH is 1. The lowest BCUT2D eigenvalue weighted by Gasteiger charge is -2.14. The van der Waals surface area contributed by atoms with Crippen LogP contribution in [0.5, 0.6) is 5.75 Å². The molecule has 6 nitrogen and oxygen atoms in total. The normalized spacial score (nSPS) is 19.1. The fraction of sp³-hybridized carbons (Fsp3) is 0.300. The van der Waals surface area contributed by atoms with Crippen molar-refractivity contribution >= 4 is 11.7 Å². The number of hydrogen-bond acceptors (Lipinski definition) is 5. The maximum absolute atomic E-state index is 12.3. The molecule has 6 heteroatoms. The van der Waals surface area contributed by atoms with E-state index in [1.54, 1.807) is 36.4 Å². The van der Waals surface area contributed by atoms with Crippen molar-refractivity contribution in [3.05, 3.63) is 65.7 Å². The van der Waals surface area contributed by atoms with Crippen LogP contribution in [0.25, 0.3) is 0 Å². The van der Waals surface area contributed by atoms with E-state index < -0.39 is 6.10 Å². The molecule has 2 aromatic carbocycles. The maximum atomic E-state index is 12.3. The fourth-order valence-corrected chi connectivity index (χ4v) is 2.83. The summed E-state index contributed by atoms with van der Waals surface area (Å²) in [5, 5.41) is 15.5. The molecule has 136 valence electrons. The summed E-state index contributed by atoms with van der Waals surface area (Å²) in [7, 11) is 0. The summed E-state index contributed by atoms with van der Waals surface area (Å²) >= 11 is 0. The van der Waals surface area contributed by atoms with Crippen LogP contribution in [0.3, 0.4) is 0 Å². The molecule has 1 saturated heterocycles. The Kier molecular flexibility index (Phi) is 5.99. The Labute approximate surface area is 152 Å². The molecule has 2 atom stereocenters. The number of β-amino-alcohol motifs (C(OH)–C–C–N with tert-alkyl or cyclic N) is 1. The minimum atomic E-state index is -0.425. The summed E-state index contributed by atoms with van der Waals surface area (Å²) in [5.74, 6) is 0.252. The molecule has 0 aliphatic carbocycles. The number of rotatable bonds is 7. The summed E-state index contributed by atoms with van der Waals surface area (Å²) in [6, 6.07) is 15.8. The standard InChI is InChI=1S/C20H22N2O4/c23-18-12-21-10-16(18)11-22-19(24)13-26-17-8-6-15(7-9-17)20(25)14-4-2-1-3-5-14/h1-9,16,18,21,23H,10-13H2,(H,22,24). The number of ether oxygens (including phenoxy) is 1. The number of amides is 1. The van der Waals surface area contributed by atoms with Crippen molar-refractivity contribution in [1.82, 2.24) is 10.6 Å². The summed E-state index contributed by atoms with van der Waals surface area (Å²) in [6.07, 6.45) is -0.425. The molecule has 2 unspecified atom stereocenters. The van der Waals surface area contributed by atoms with Crippen LogP contribution in [0.1, 0.15) is 15.9 Å². The molecule has 2 aromatic rings. The number of benzene rings is 2. The molecule has 1 aliphatic rings. The second-order valence-corrected chi connectivity index (χ2v) is 6.30. The quantitative estimate of drug-likeness (QED) is 0.646. The van der Waals surface area contributed by atoms with Gasteiger partial charge in [-0.1, -0.05) is 30.3 Å². The van der Waals surface area contributed by atoms with E-state index in [0.29, 0.717) is 36.5 Å². The number of hydrogen-bond donors (Lipinski definition) is 3. The molecule has 0 saturated carbocycles. The molecule has 0 radical (unpaired) electrons. The third kappa shape index (κ3) is 4.68. The van der Waals surface area contributed by atoms with Crippen molar-refractivity contribution in [3.8, 4) is 5.75 Å². The highest BCUT2D eigenvalue weighted by molar-refractivity contribution is 6.08. The molecule has 1 heterocycles. The lowest BCUT2D eigenvalue weighted by Crippen LogP contribution is -2.36. The van der Waals surface area contributed by atoms with Gasteiger partial charge in [-0.3, -0.25) is 9.59 Å². The van der Waals surface area contributed by atoms with Crippen LogP contribution < -0.4 is 15.4 Å². The molecule has 26 heavy (non-hydrogen) atoms. The Bertz CT molecular complexity index is 746. The van der Waals surface area contributed by atoms with E-state index >= 15 is 0 Å². The van der Waals surface area contributed by atoms with Gasteiger partial charge in [0.2, 0.25) is 0 Å². The van der Waals surface area contributed by atoms with Gasteiger partial charge in [-0.15, -0.1) is 0 Å². The average molecular weight is 354 g/mol. The molecule has 0 bridgehead atoms. The Morgan fingerprint density at radius 3 is 2.38 bits per heavy atom. The maximum Gasteiger partial charge on any atom is 0.257 e. The van der Waals surface area contributed by atoms with Crippen LogP contribution in [-0.4, -0.2) is 49.1 Å². The summed E-state index contributed by atoms with van der Waals surface area (Å²) in [6.45, 7) is 1.56. The number of aliphatic hydroxyl groups is 1. The smallest absolute Gasteiger partial charge is 0.257 e. The van der Waals surface area contributed by atoms with Crippen LogP contribution in [0.15, 0.2) is 54.6 Å². The van der Waals surface area contributed by atoms with Gasteiger partial charge in [0.15, 0.2) is 12.4 Å². The second-order valence-electron chi connectivity index (χ2n) is 6.30. The first kappa shape index (κ1) is 18.1. The Morgan fingerprint density at radius 2 is 1.73 bits per heavy atom. The number of carbonyl (C=O) groups excluding carboxylic acids is 2. The third-order valence-electron chi connectivity index (χ3n) is 4.39. The Balaban J connectivity index is 1.47.